The lowest BCUT2D eigenvalue weighted by molar-refractivity contribution is 0.0990. The number of benzene rings is 3. The van der Waals surface area contributed by atoms with Crippen molar-refractivity contribution in [1.82, 2.24) is 0 Å². The average molecular weight is 371 g/mol. The Kier molecular flexibility index (Phi) is 5.54. The van der Waals surface area contributed by atoms with Gasteiger partial charge in [-0.25, -0.2) is 4.39 Å². The molecule has 0 fully saturated rings. The zero-order valence-corrected chi connectivity index (χ0v) is 14.5. The topological polar surface area (TPSA) is 46.5 Å². The van der Waals surface area contributed by atoms with E-state index >= 15 is 0 Å². The smallest absolute Gasteiger partial charge is 0.170 e. The van der Waals surface area contributed by atoms with Crippen molar-refractivity contribution in [2.75, 3.05) is 0 Å². The third-order valence-corrected chi connectivity index (χ3v) is 4.12. The van der Waals surface area contributed by atoms with Gasteiger partial charge in [-0.3, -0.25) is 4.79 Å². The SMILES string of the molecule is O=C(Cc1ccc(F)cc1)c1ccc(OCc2ccc(Cl)cc2)cc1O. The number of phenolic OH excluding ortho intramolecular Hbond substituents is 1. The standard InChI is InChI=1S/C21H16ClFO3/c22-16-5-1-15(2-6-16)13-26-18-9-10-19(21(25)12-18)20(24)11-14-3-7-17(23)8-4-14/h1-10,12,25H,11,13H2. The monoisotopic (exact) mass is 370 g/mol. The largest absolute Gasteiger partial charge is 0.507 e. The van der Waals surface area contributed by atoms with Gasteiger partial charge in [0.05, 0.1) is 5.56 Å². The minimum Gasteiger partial charge on any atom is -0.507 e. The van der Waals surface area contributed by atoms with Gasteiger partial charge in [0.25, 0.3) is 0 Å². The maximum atomic E-state index is 12.9. The Morgan fingerprint density at radius 2 is 1.62 bits per heavy atom. The Bertz CT molecular complexity index is 906. The number of hydrogen-bond acceptors (Lipinski definition) is 3. The molecule has 0 aliphatic heterocycles. The molecule has 0 aromatic heterocycles. The van der Waals surface area contributed by atoms with E-state index in [-0.39, 0.29) is 29.3 Å². The molecular weight excluding hydrogens is 355 g/mol. The third kappa shape index (κ3) is 4.61. The van der Waals surface area contributed by atoms with Gasteiger partial charge >= 0.3 is 0 Å². The summed E-state index contributed by atoms with van der Waals surface area (Å²) in [5, 5.41) is 10.8. The number of ketones is 1. The molecule has 0 atom stereocenters. The molecule has 0 heterocycles. The maximum absolute atomic E-state index is 12.9. The van der Waals surface area contributed by atoms with Crippen LogP contribution in [0.4, 0.5) is 4.39 Å². The van der Waals surface area contributed by atoms with Gasteiger partial charge in [0.15, 0.2) is 5.78 Å². The number of phenols is 1. The average Bonchev–Trinajstić information content (AvgIpc) is 2.63. The zero-order valence-electron chi connectivity index (χ0n) is 13.8. The fraction of sp³-hybridized carbons (Fsp3) is 0.0952. The van der Waals surface area contributed by atoms with Crippen LogP contribution in [-0.2, 0) is 13.0 Å². The summed E-state index contributed by atoms with van der Waals surface area (Å²) < 4.78 is 18.5. The van der Waals surface area contributed by atoms with E-state index in [0.717, 1.165) is 5.56 Å². The molecule has 132 valence electrons. The summed E-state index contributed by atoms with van der Waals surface area (Å²) in [6.07, 6.45) is 0.0822. The fourth-order valence-corrected chi connectivity index (χ4v) is 2.59. The van der Waals surface area contributed by atoms with Crippen LogP contribution in [0, 0.1) is 5.82 Å². The fourth-order valence-electron chi connectivity index (χ4n) is 2.47. The van der Waals surface area contributed by atoms with Crippen LogP contribution in [0.25, 0.3) is 0 Å². The zero-order chi connectivity index (χ0) is 18.5. The summed E-state index contributed by atoms with van der Waals surface area (Å²) in [6.45, 7) is 0.319. The van der Waals surface area contributed by atoms with Crippen LogP contribution in [0.2, 0.25) is 5.02 Å². The Hall–Kier alpha value is -2.85. The first-order valence-corrected chi connectivity index (χ1v) is 8.37. The number of rotatable bonds is 6. The predicted molar refractivity (Wildman–Crippen MR) is 98.3 cm³/mol. The van der Waals surface area contributed by atoms with Gasteiger partial charge in [-0.1, -0.05) is 35.9 Å². The second-order valence-electron chi connectivity index (χ2n) is 5.82. The molecule has 1 N–H and O–H groups in total. The van der Waals surface area contributed by atoms with Crippen LogP contribution in [0.15, 0.2) is 66.7 Å². The van der Waals surface area contributed by atoms with Crippen LogP contribution >= 0.6 is 11.6 Å². The molecule has 0 spiro atoms. The Morgan fingerprint density at radius 1 is 0.962 bits per heavy atom. The summed E-state index contributed by atoms with van der Waals surface area (Å²) >= 11 is 5.84. The highest BCUT2D eigenvalue weighted by Gasteiger charge is 2.13. The van der Waals surface area contributed by atoms with Crippen LogP contribution in [0.1, 0.15) is 21.5 Å². The molecule has 3 aromatic rings. The van der Waals surface area contributed by atoms with E-state index in [2.05, 4.69) is 0 Å². The van der Waals surface area contributed by atoms with Gasteiger partial charge < -0.3 is 9.84 Å². The highest BCUT2D eigenvalue weighted by atomic mass is 35.5. The van der Waals surface area contributed by atoms with E-state index in [4.69, 9.17) is 16.3 Å². The minimum absolute atomic E-state index is 0.0822. The lowest BCUT2D eigenvalue weighted by atomic mass is 10.0. The molecule has 3 nitrogen and oxygen atoms in total. The molecule has 0 bridgehead atoms. The first-order valence-electron chi connectivity index (χ1n) is 7.99. The number of ether oxygens (including phenoxy) is 1. The Morgan fingerprint density at radius 3 is 2.27 bits per heavy atom. The second-order valence-corrected chi connectivity index (χ2v) is 6.26. The van der Waals surface area contributed by atoms with Gasteiger partial charge in [0.2, 0.25) is 0 Å². The van der Waals surface area contributed by atoms with Crippen LogP contribution < -0.4 is 4.74 Å². The van der Waals surface area contributed by atoms with Gasteiger partial charge in [0.1, 0.15) is 23.9 Å². The van der Waals surface area contributed by atoms with Crippen molar-refractivity contribution in [2.24, 2.45) is 0 Å². The molecule has 0 amide bonds. The Balaban J connectivity index is 1.65. The van der Waals surface area contributed by atoms with Crippen LogP contribution in [-0.4, -0.2) is 10.9 Å². The van der Waals surface area contributed by atoms with E-state index in [9.17, 15) is 14.3 Å². The molecule has 0 saturated heterocycles. The highest BCUT2D eigenvalue weighted by molar-refractivity contribution is 6.30. The van der Waals surface area contributed by atoms with Gasteiger partial charge in [-0.05, 0) is 47.5 Å². The van der Waals surface area contributed by atoms with Gasteiger partial charge in [0, 0.05) is 17.5 Å². The van der Waals surface area contributed by atoms with E-state index < -0.39 is 0 Å². The summed E-state index contributed by atoms with van der Waals surface area (Å²) in [7, 11) is 0. The third-order valence-electron chi connectivity index (χ3n) is 3.87. The molecule has 3 aromatic carbocycles. The molecule has 0 unspecified atom stereocenters. The van der Waals surface area contributed by atoms with Crippen molar-refractivity contribution in [3.05, 3.63) is 94.3 Å². The lowest BCUT2D eigenvalue weighted by Crippen LogP contribution is -2.04. The maximum Gasteiger partial charge on any atom is 0.170 e. The van der Waals surface area contributed by atoms with Crippen molar-refractivity contribution in [1.29, 1.82) is 0 Å². The molecule has 0 saturated carbocycles. The number of halogens is 2. The molecule has 26 heavy (non-hydrogen) atoms. The number of carbonyl (C=O) groups excluding carboxylic acids is 1. The normalized spacial score (nSPS) is 10.5. The molecule has 0 aliphatic carbocycles. The number of aromatic hydroxyl groups is 1. The van der Waals surface area contributed by atoms with E-state index in [1.54, 1.807) is 30.3 Å². The summed E-state index contributed by atoms with van der Waals surface area (Å²) in [4.78, 5) is 12.3. The lowest BCUT2D eigenvalue weighted by Gasteiger charge is -2.09. The quantitative estimate of drug-likeness (QED) is 0.607. The van der Waals surface area contributed by atoms with E-state index in [1.165, 1.54) is 24.3 Å². The summed E-state index contributed by atoms with van der Waals surface area (Å²) in [5.41, 5.74) is 1.82. The number of Topliss-reactive ketones (excluding diaryl/α,β-unsaturated/α-hetero) is 1. The Labute approximate surface area is 155 Å². The first-order chi connectivity index (χ1) is 12.5. The van der Waals surface area contributed by atoms with Crippen molar-refractivity contribution >= 4 is 17.4 Å². The molecule has 5 heteroatoms. The molecule has 3 rings (SSSR count). The first kappa shape index (κ1) is 18.0. The minimum atomic E-state index is -0.355. The van der Waals surface area contributed by atoms with Gasteiger partial charge in [-0.15, -0.1) is 0 Å². The predicted octanol–water partition coefficient (Wildman–Crippen LogP) is 5.19. The van der Waals surface area contributed by atoms with Crippen LogP contribution in [0.5, 0.6) is 11.5 Å². The van der Waals surface area contributed by atoms with Gasteiger partial charge in [-0.2, -0.15) is 0 Å². The second kappa shape index (κ2) is 8.02. The number of carbonyl (C=O) groups is 1. The molecule has 0 radical (unpaired) electrons. The number of hydrogen-bond donors (Lipinski definition) is 1. The highest BCUT2D eigenvalue weighted by Crippen LogP contribution is 2.26. The van der Waals surface area contributed by atoms with E-state index in [0.29, 0.717) is 22.9 Å². The van der Waals surface area contributed by atoms with E-state index in [1.807, 2.05) is 12.1 Å². The summed E-state index contributed by atoms with van der Waals surface area (Å²) in [6, 6.07) is 17.5. The van der Waals surface area contributed by atoms with Crippen molar-refractivity contribution < 1.29 is 19.0 Å². The molecule has 0 aliphatic rings. The van der Waals surface area contributed by atoms with Crippen molar-refractivity contribution in [3.63, 3.8) is 0 Å². The van der Waals surface area contributed by atoms with Crippen LogP contribution in [0.3, 0.4) is 0 Å². The van der Waals surface area contributed by atoms with Crippen molar-refractivity contribution in [2.45, 2.75) is 13.0 Å². The van der Waals surface area contributed by atoms with Crippen molar-refractivity contribution in [3.8, 4) is 11.5 Å². The summed E-state index contributed by atoms with van der Waals surface area (Å²) in [5.74, 6) is -0.300. The molecular formula is C21H16ClFO3.